The number of nitrogens with zero attached hydrogens (tertiary/aromatic N) is 3. The molecule has 0 saturated carbocycles. The van der Waals surface area contributed by atoms with Crippen molar-refractivity contribution in [2.24, 2.45) is 0 Å². The Labute approximate surface area is 191 Å². The Morgan fingerprint density at radius 3 is 1.70 bits per heavy atom. The zero-order chi connectivity index (χ0) is 22.6. The maximum Gasteiger partial charge on any atom is 0.269 e. The van der Waals surface area contributed by atoms with Gasteiger partial charge in [0.15, 0.2) is 5.82 Å². The number of hydrogen-bond acceptors (Lipinski definition) is 4. The minimum Gasteiger partial charge on any atom is -0.336 e. The molecule has 1 heterocycles. The molecule has 1 aromatic heterocycles. The quantitative estimate of drug-likeness (QED) is 0.229. The van der Waals surface area contributed by atoms with Crippen LogP contribution in [-0.4, -0.2) is 14.9 Å². The van der Waals surface area contributed by atoms with Gasteiger partial charge in [0.25, 0.3) is 5.69 Å². The van der Waals surface area contributed by atoms with Gasteiger partial charge in [-0.3, -0.25) is 15.0 Å². The number of non-ortho nitro benzene ring substituents is 1. The van der Waals surface area contributed by atoms with Gasteiger partial charge in [-0.1, -0.05) is 66.7 Å². The van der Waals surface area contributed by atoms with Crippen LogP contribution in [0.1, 0.15) is 0 Å². The lowest BCUT2D eigenvalue weighted by atomic mass is 10.1. The first kappa shape index (κ1) is 20.2. The van der Waals surface area contributed by atoms with Crippen LogP contribution < -0.4 is 4.90 Å². The van der Waals surface area contributed by atoms with Crippen LogP contribution in [0.3, 0.4) is 0 Å². The van der Waals surface area contributed by atoms with Crippen molar-refractivity contribution in [2.75, 3.05) is 4.90 Å². The summed E-state index contributed by atoms with van der Waals surface area (Å²) >= 11 is 0. The number of nitro groups is 1. The summed E-state index contributed by atoms with van der Waals surface area (Å²) in [5, 5.41) is 11.2. The highest BCUT2D eigenvalue weighted by Crippen LogP contribution is 2.40. The third-order valence-electron chi connectivity index (χ3n) is 5.34. The lowest BCUT2D eigenvalue weighted by Crippen LogP contribution is -2.11. The molecule has 0 bridgehead atoms. The summed E-state index contributed by atoms with van der Waals surface area (Å²) in [6, 6.07) is 36.4. The van der Waals surface area contributed by atoms with Gasteiger partial charge >= 0.3 is 0 Å². The maximum absolute atomic E-state index is 11.2. The normalized spacial score (nSPS) is 10.7. The van der Waals surface area contributed by atoms with Gasteiger partial charge in [-0.25, -0.2) is 4.98 Å². The van der Waals surface area contributed by atoms with Gasteiger partial charge in [-0.15, -0.1) is 0 Å². The molecule has 5 aromatic rings. The fourth-order valence-corrected chi connectivity index (χ4v) is 3.76. The number of aromatic amines is 1. The van der Waals surface area contributed by atoms with E-state index in [4.69, 9.17) is 4.98 Å². The number of rotatable bonds is 6. The molecule has 0 atom stereocenters. The second-order valence-electron chi connectivity index (χ2n) is 7.46. The molecule has 6 heteroatoms. The summed E-state index contributed by atoms with van der Waals surface area (Å²) in [4.78, 5) is 21.3. The van der Waals surface area contributed by atoms with Crippen molar-refractivity contribution in [1.29, 1.82) is 0 Å². The summed E-state index contributed by atoms with van der Waals surface area (Å²) in [7, 11) is 0. The van der Waals surface area contributed by atoms with Crippen molar-refractivity contribution >= 4 is 22.9 Å². The van der Waals surface area contributed by atoms with Crippen LogP contribution in [0, 0.1) is 10.1 Å². The van der Waals surface area contributed by atoms with Crippen molar-refractivity contribution < 1.29 is 4.92 Å². The molecule has 33 heavy (non-hydrogen) atoms. The Balaban J connectivity index is 1.73. The van der Waals surface area contributed by atoms with Crippen LogP contribution in [0.2, 0.25) is 0 Å². The van der Waals surface area contributed by atoms with Crippen LogP contribution in [0.15, 0.2) is 115 Å². The van der Waals surface area contributed by atoms with Gasteiger partial charge in [0.1, 0.15) is 5.82 Å². The van der Waals surface area contributed by atoms with Gasteiger partial charge in [-0.2, -0.15) is 0 Å². The van der Waals surface area contributed by atoms with E-state index in [0.717, 1.165) is 34.0 Å². The molecule has 160 valence electrons. The van der Waals surface area contributed by atoms with Gasteiger partial charge in [0.2, 0.25) is 0 Å². The predicted molar refractivity (Wildman–Crippen MR) is 131 cm³/mol. The molecule has 0 amide bonds. The van der Waals surface area contributed by atoms with E-state index in [9.17, 15) is 10.1 Å². The number of imidazole rings is 1. The van der Waals surface area contributed by atoms with E-state index in [-0.39, 0.29) is 5.69 Å². The first-order chi connectivity index (χ1) is 16.2. The zero-order valence-electron chi connectivity index (χ0n) is 17.6. The van der Waals surface area contributed by atoms with Crippen LogP contribution >= 0.6 is 0 Å². The molecule has 4 aromatic carbocycles. The third-order valence-corrected chi connectivity index (χ3v) is 5.34. The van der Waals surface area contributed by atoms with Crippen LogP contribution in [0.4, 0.5) is 22.9 Å². The lowest BCUT2D eigenvalue weighted by Gasteiger charge is -2.24. The van der Waals surface area contributed by atoms with E-state index in [1.165, 1.54) is 12.1 Å². The largest absolute Gasteiger partial charge is 0.336 e. The topological polar surface area (TPSA) is 75.1 Å². The summed E-state index contributed by atoms with van der Waals surface area (Å²) in [6.07, 6.45) is 0. The predicted octanol–water partition coefficient (Wildman–Crippen LogP) is 7.12. The molecule has 0 aliphatic carbocycles. The number of anilines is 3. The van der Waals surface area contributed by atoms with E-state index in [0.29, 0.717) is 5.82 Å². The standard InChI is InChI=1S/C27H20N4O2/c32-31(33)24-18-16-20(17-19-24)25-27(29-26(28-25)21-10-4-1-5-11-21)30(22-12-6-2-7-13-22)23-14-8-3-9-15-23/h1-19H,(H,28,29). The van der Waals surface area contributed by atoms with E-state index in [2.05, 4.69) is 9.88 Å². The monoisotopic (exact) mass is 432 g/mol. The molecule has 0 aliphatic heterocycles. The number of nitro benzene ring substituents is 1. The number of nitrogens with one attached hydrogen (secondary N) is 1. The van der Waals surface area contributed by atoms with Gasteiger partial charge in [0, 0.05) is 34.6 Å². The van der Waals surface area contributed by atoms with Crippen molar-refractivity contribution in [3.63, 3.8) is 0 Å². The van der Waals surface area contributed by atoms with Crippen molar-refractivity contribution in [2.45, 2.75) is 0 Å². The fourth-order valence-electron chi connectivity index (χ4n) is 3.76. The molecule has 0 saturated heterocycles. The van der Waals surface area contributed by atoms with Gasteiger partial charge < -0.3 is 4.98 Å². The van der Waals surface area contributed by atoms with E-state index in [1.807, 2.05) is 91.0 Å². The number of H-pyrrole nitrogens is 1. The van der Waals surface area contributed by atoms with Crippen LogP contribution in [-0.2, 0) is 0 Å². The van der Waals surface area contributed by atoms with Gasteiger partial charge in [-0.05, 0) is 36.4 Å². The van der Waals surface area contributed by atoms with Crippen LogP contribution in [0.25, 0.3) is 22.6 Å². The Morgan fingerprint density at radius 1 is 0.667 bits per heavy atom. The molecule has 0 spiro atoms. The summed E-state index contributed by atoms with van der Waals surface area (Å²) in [5.41, 5.74) is 4.49. The molecular formula is C27H20N4O2. The molecule has 0 unspecified atom stereocenters. The number of para-hydroxylation sites is 2. The highest BCUT2D eigenvalue weighted by Gasteiger charge is 2.22. The molecule has 1 N–H and O–H groups in total. The van der Waals surface area contributed by atoms with E-state index < -0.39 is 4.92 Å². The zero-order valence-corrected chi connectivity index (χ0v) is 17.6. The first-order valence-electron chi connectivity index (χ1n) is 10.5. The number of benzene rings is 4. The molecular weight excluding hydrogens is 412 g/mol. The van der Waals surface area contributed by atoms with Crippen molar-refractivity contribution in [3.8, 4) is 22.6 Å². The molecule has 0 aliphatic rings. The van der Waals surface area contributed by atoms with Crippen molar-refractivity contribution in [1.82, 2.24) is 9.97 Å². The maximum atomic E-state index is 11.2. The molecule has 6 nitrogen and oxygen atoms in total. The summed E-state index contributed by atoms with van der Waals surface area (Å²) in [5.74, 6) is 1.43. The first-order valence-corrected chi connectivity index (χ1v) is 10.5. The minimum absolute atomic E-state index is 0.0473. The van der Waals surface area contributed by atoms with Gasteiger partial charge in [0.05, 0.1) is 10.6 Å². The smallest absolute Gasteiger partial charge is 0.269 e. The molecule has 0 fully saturated rings. The number of hydrogen-bond donors (Lipinski definition) is 1. The SMILES string of the molecule is O=[N+]([O-])c1ccc(-c2[nH]c(-c3ccccc3)nc2N(c2ccccc2)c2ccccc2)cc1. The Hall–Kier alpha value is -4.71. The Kier molecular flexibility index (Phi) is 5.39. The number of aromatic nitrogens is 2. The van der Waals surface area contributed by atoms with Crippen LogP contribution in [0.5, 0.6) is 0 Å². The summed E-state index contributed by atoms with van der Waals surface area (Å²) < 4.78 is 0. The second-order valence-corrected chi connectivity index (χ2v) is 7.46. The van der Waals surface area contributed by atoms with Crippen molar-refractivity contribution in [3.05, 3.63) is 125 Å². The minimum atomic E-state index is -0.396. The highest BCUT2D eigenvalue weighted by molar-refractivity contribution is 5.86. The fraction of sp³-hybridized carbons (Fsp3) is 0. The Morgan fingerprint density at radius 2 is 1.18 bits per heavy atom. The average Bonchev–Trinajstić information content (AvgIpc) is 3.31. The highest BCUT2D eigenvalue weighted by atomic mass is 16.6. The average molecular weight is 432 g/mol. The molecule has 5 rings (SSSR count). The molecule has 0 radical (unpaired) electrons. The van der Waals surface area contributed by atoms with E-state index >= 15 is 0 Å². The second kappa shape index (κ2) is 8.80. The van der Waals surface area contributed by atoms with E-state index in [1.54, 1.807) is 12.1 Å². The Bertz CT molecular complexity index is 1330. The lowest BCUT2D eigenvalue weighted by molar-refractivity contribution is -0.384. The summed E-state index contributed by atoms with van der Waals surface area (Å²) in [6.45, 7) is 0. The third kappa shape index (κ3) is 4.09.